The van der Waals surface area contributed by atoms with Crippen molar-refractivity contribution in [1.29, 1.82) is 0 Å². The van der Waals surface area contributed by atoms with Crippen LogP contribution in [0.5, 0.6) is 11.6 Å². The highest BCUT2D eigenvalue weighted by molar-refractivity contribution is 5.93. The molecule has 1 saturated heterocycles. The second kappa shape index (κ2) is 14.2. The van der Waals surface area contributed by atoms with E-state index in [1.807, 2.05) is 25.1 Å². The molecule has 2 aromatic rings. The molecule has 1 unspecified atom stereocenters. The Morgan fingerprint density at radius 2 is 1.75 bits per heavy atom. The van der Waals surface area contributed by atoms with E-state index in [9.17, 15) is 14.4 Å². The lowest BCUT2D eigenvalue weighted by molar-refractivity contribution is -0.143. The fourth-order valence-electron chi connectivity index (χ4n) is 9.18. The standard InChI is InChI=1S/C38H54N4O6/c1-6-27-31-23-42(32(27)24(2)43)35(44)33(37(3)19-11-8-12-20-37)41-36(45)48-38(4)21-13-15-25(38)14-9-7-10-16-29-34(47-31)40-30-22-26(46-5)17-18-28(30)39-29/h17-18,22,25,27,31-33H,6-16,19-21,23H2,1-5H3,(H,41,45)/t25?,27-,31+,32-,33-,38-/m1/s1. The summed E-state index contributed by atoms with van der Waals surface area (Å²) in [6, 6.07) is 4.19. The van der Waals surface area contributed by atoms with Gasteiger partial charge in [-0.1, -0.05) is 46.0 Å². The van der Waals surface area contributed by atoms with Gasteiger partial charge in [0.2, 0.25) is 11.8 Å². The number of benzene rings is 1. The van der Waals surface area contributed by atoms with E-state index in [-0.39, 0.29) is 30.1 Å². The normalized spacial score (nSPS) is 31.4. The summed E-state index contributed by atoms with van der Waals surface area (Å²) in [5.74, 6) is 0.849. The number of rotatable bonds is 4. The minimum Gasteiger partial charge on any atom is -0.497 e. The van der Waals surface area contributed by atoms with Crippen LogP contribution >= 0.6 is 0 Å². The Morgan fingerprint density at radius 1 is 1.00 bits per heavy atom. The highest BCUT2D eigenvalue weighted by Gasteiger charge is 2.52. The van der Waals surface area contributed by atoms with Crippen LogP contribution in [0.1, 0.15) is 117 Å². The lowest BCUT2D eigenvalue weighted by atomic mass is 9.70. The van der Waals surface area contributed by atoms with E-state index >= 15 is 0 Å². The van der Waals surface area contributed by atoms with Gasteiger partial charge in [0.05, 0.1) is 30.7 Å². The number of hydrogen-bond donors (Lipinski definition) is 1. The number of fused-ring (bicyclic) bond motifs is 5. The maximum absolute atomic E-state index is 14.8. The molecule has 2 bridgehead atoms. The topological polar surface area (TPSA) is 120 Å². The number of nitrogens with one attached hydrogen (secondary N) is 1. The molecular weight excluding hydrogens is 608 g/mol. The van der Waals surface area contributed by atoms with Crippen molar-refractivity contribution >= 4 is 28.8 Å². The highest BCUT2D eigenvalue weighted by Crippen LogP contribution is 2.44. The van der Waals surface area contributed by atoms with Gasteiger partial charge < -0.3 is 24.4 Å². The number of nitrogens with zero attached hydrogens (tertiary/aromatic N) is 3. The van der Waals surface area contributed by atoms with Crippen LogP contribution in [0.25, 0.3) is 11.0 Å². The first-order valence-electron chi connectivity index (χ1n) is 18.4. The Morgan fingerprint density at radius 3 is 2.48 bits per heavy atom. The quantitative estimate of drug-likeness (QED) is 0.374. The molecule has 4 aliphatic rings. The Balaban J connectivity index is 1.41. The highest BCUT2D eigenvalue weighted by atomic mass is 16.6. The molecule has 6 atom stereocenters. The van der Waals surface area contributed by atoms with Gasteiger partial charge in [-0.25, -0.2) is 14.8 Å². The molecule has 1 aromatic heterocycles. The van der Waals surface area contributed by atoms with Gasteiger partial charge in [-0.15, -0.1) is 0 Å². The lowest BCUT2D eigenvalue weighted by Crippen LogP contribution is -2.59. The number of ether oxygens (including phenoxy) is 3. The van der Waals surface area contributed by atoms with Gasteiger partial charge >= 0.3 is 6.09 Å². The molecule has 10 heteroatoms. The summed E-state index contributed by atoms with van der Waals surface area (Å²) < 4.78 is 18.5. The predicted octanol–water partition coefficient (Wildman–Crippen LogP) is 6.95. The van der Waals surface area contributed by atoms with Crippen LogP contribution in [0, 0.1) is 17.3 Å². The second-order valence-corrected chi connectivity index (χ2v) is 15.3. The number of Topliss-reactive ketones (excluding diaryl/α,β-unsaturated/α-hetero) is 1. The van der Waals surface area contributed by atoms with Gasteiger partial charge in [0.15, 0.2) is 5.78 Å². The fraction of sp³-hybridized carbons (Fsp3) is 0.711. The van der Waals surface area contributed by atoms with E-state index in [2.05, 4.69) is 19.2 Å². The maximum atomic E-state index is 14.8. The average molecular weight is 663 g/mol. The molecule has 10 nitrogen and oxygen atoms in total. The summed E-state index contributed by atoms with van der Waals surface area (Å²) in [5.41, 5.74) is 1.21. The van der Waals surface area contributed by atoms with Gasteiger partial charge in [0.1, 0.15) is 29.2 Å². The fourth-order valence-corrected chi connectivity index (χ4v) is 9.18. The third-order valence-electron chi connectivity index (χ3n) is 12.0. The van der Waals surface area contributed by atoms with Crippen LogP contribution in [0.15, 0.2) is 18.2 Å². The van der Waals surface area contributed by atoms with Crippen molar-refractivity contribution < 1.29 is 28.6 Å². The van der Waals surface area contributed by atoms with E-state index in [1.165, 1.54) is 0 Å². The van der Waals surface area contributed by atoms with E-state index in [0.717, 1.165) is 88.3 Å². The summed E-state index contributed by atoms with van der Waals surface area (Å²) in [6.45, 7) is 7.98. The van der Waals surface area contributed by atoms with Crippen LogP contribution < -0.4 is 14.8 Å². The summed E-state index contributed by atoms with van der Waals surface area (Å²) in [7, 11) is 1.63. The molecule has 0 spiro atoms. The molecule has 2 aliphatic heterocycles. The van der Waals surface area contributed by atoms with E-state index < -0.39 is 35.3 Å². The van der Waals surface area contributed by atoms with Gasteiger partial charge in [0.25, 0.3) is 0 Å². The minimum absolute atomic E-state index is 0.0850. The number of hydrogen-bond acceptors (Lipinski definition) is 8. The molecule has 1 N–H and O–H groups in total. The van der Waals surface area contributed by atoms with Crippen LogP contribution in [0.3, 0.4) is 0 Å². The Bertz CT molecular complexity index is 1510. The van der Waals surface area contributed by atoms with Crippen molar-refractivity contribution in [3.63, 3.8) is 0 Å². The number of carbonyl (C=O) groups excluding carboxylic acids is 3. The number of alkyl carbamates (subject to hydrolysis) is 1. The van der Waals surface area contributed by atoms with Gasteiger partial charge in [0, 0.05) is 12.0 Å². The van der Waals surface area contributed by atoms with Crippen molar-refractivity contribution in [2.24, 2.45) is 17.3 Å². The molecule has 3 fully saturated rings. The monoisotopic (exact) mass is 662 g/mol. The number of ketones is 1. The molecule has 1 aromatic carbocycles. The van der Waals surface area contributed by atoms with E-state index in [4.69, 9.17) is 24.2 Å². The molecule has 0 radical (unpaired) electrons. The smallest absolute Gasteiger partial charge is 0.408 e. The number of aromatic nitrogens is 2. The SMILES string of the molecule is CC[C@@H]1[C@@H]2CN(C(=O)[C@H](C3(C)CCCCC3)NC(=O)O[C@]3(C)CCCC3CCCCCc3nc4ccc(OC)cc4nc3O2)[C@@H]1C(C)=O. The summed E-state index contributed by atoms with van der Waals surface area (Å²) in [6.07, 6.45) is 11.9. The van der Waals surface area contributed by atoms with Crippen LogP contribution in [-0.2, 0) is 20.7 Å². The van der Waals surface area contributed by atoms with E-state index in [0.29, 0.717) is 30.0 Å². The third-order valence-corrected chi connectivity index (χ3v) is 12.0. The Hall–Kier alpha value is -3.43. The number of methoxy groups -OCH3 is 1. The van der Waals surface area contributed by atoms with Gasteiger partial charge in [-0.2, -0.15) is 0 Å². The van der Waals surface area contributed by atoms with Crippen molar-refractivity contribution in [1.82, 2.24) is 20.2 Å². The molecule has 48 heavy (non-hydrogen) atoms. The Kier molecular flexibility index (Phi) is 10.2. The number of carbonyl (C=O) groups is 3. The zero-order valence-corrected chi connectivity index (χ0v) is 29.5. The minimum atomic E-state index is -0.811. The largest absolute Gasteiger partial charge is 0.497 e. The van der Waals surface area contributed by atoms with E-state index in [1.54, 1.807) is 18.9 Å². The maximum Gasteiger partial charge on any atom is 0.408 e. The first-order valence-corrected chi connectivity index (χ1v) is 18.4. The first-order chi connectivity index (χ1) is 23.0. The van der Waals surface area contributed by atoms with Crippen LogP contribution in [-0.4, -0.2) is 70.1 Å². The van der Waals surface area contributed by atoms with Gasteiger partial charge in [-0.05, 0) is 95.1 Å². The van der Waals surface area contributed by atoms with Gasteiger partial charge in [-0.3, -0.25) is 9.59 Å². The summed E-state index contributed by atoms with van der Waals surface area (Å²) >= 11 is 0. The predicted molar refractivity (Wildman–Crippen MR) is 183 cm³/mol. The molecule has 2 aliphatic carbocycles. The van der Waals surface area contributed by atoms with Crippen molar-refractivity contribution in [3.05, 3.63) is 23.9 Å². The summed E-state index contributed by atoms with van der Waals surface area (Å²) in [5, 5.41) is 3.10. The van der Waals surface area contributed by atoms with Crippen molar-refractivity contribution in [2.75, 3.05) is 13.7 Å². The second-order valence-electron chi connectivity index (χ2n) is 15.3. The van der Waals surface area contributed by atoms with Crippen LogP contribution in [0.2, 0.25) is 0 Å². The number of amides is 2. The average Bonchev–Trinajstić information content (AvgIpc) is 3.62. The van der Waals surface area contributed by atoms with Crippen LogP contribution in [0.4, 0.5) is 4.79 Å². The zero-order chi connectivity index (χ0) is 34.1. The third kappa shape index (κ3) is 6.86. The number of aryl methyl sites for hydroxylation is 1. The molecular formula is C38H54N4O6. The Labute approximate surface area is 285 Å². The summed E-state index contributed by atoms with van der Waals surface area (Å²) in [4.78, 5) is 53.7. The molecule has 2 saturated carbocycles. The zero-order valence-electron chi connectivity index (χ0n) is 29.5. The molecule has 262 valence electrons. The van der Waals surface area contributed by atoms with Crippen molar-refractivity contribution in [2.45, 2.75) is 141 Å². The first kappa shape index (κ1) is 34.4. The molecule has 6 rings (SSSR count). The molecule has 3 heterocycles. The lowest BCUT2D eigenvalue weighted by Gasteiger charge is -2.42. The molecule has 2 amide bonds. The van der Waals surface area contributed by atoms with Crippen molar-refractivity contribution in [3.8, 4) is 11.6 Å².